The number of halogens is 1. The van der Waals surface area contributed by atoms with Gasteiger partial charge >= 0.3 is 0 Å². The van der Waals surface area contributed by atoms with Crippen LogP contribution in [0.5, 0.6) is 0 Å². The molecule has 1 aromatic rings. The molecule has 1 aliphatic rings. The quantitative estimate of drug-likeness (QED) is 0.907. The molecule has 1 saturated heterocycles. The van der Waals surface area contributed by atoms with Crippen LogP contribution in [0.3, 0.4) is 0 Å². The molecule has 0 amide bonds. The highest BCUT2D eigenvalue weighted by atomic mass is 19.1. The number of rotatable bonds is 4. The lowest BCUT2D eigenvalue weighted by molar-refractivity contribution is -0.0295. The Balaban J connectivity index is 2.29. The van der Waals surface area contributed by atoms with Crippen LogP contribution in [-0.4, -0.2) is 25.8 Å². The highest BCUT2D eigenvalue weighted by molar-refractivity contribution is 5.24. The van der Waals surface area contributed by atoms with Crippen LogP contribution < -0.4 is 5.32 Å². The van der Waals surface area contributed by atoms with Crippen molar-refractivity contribution in [3.05, 3.63) is 35.6 Å². The molecule has 1 fully saturated rings. The Morgan fingerprint density at radius 2 is 2.20 bits per heavy atom. The van der Waals surface area contributed by atoms with E-state index >= 15 is 0 Å². The lowest BCUT2D eigenvalue weighted by Crippen LogP contribution is -2.45. The van der Waals surface area contributed by atoms with Crippen molar-refractivity contribution in [1.82, 2.24) is 5.32 Å². The van der Waals surface area contributed by atoms with E-state index in [9.17, 15) is 4.39 Å². The molecule has 0 bridgehead atoms. The molecular weight excluding hydrogens is 253 g/mol. The molecule has 1 N–H and O–H groups in total. The smallest absolute Gasteiger partial charge is 0.123 e. The van der Waals surface area contributed by atoms with E-state index in [1.54, 1.807) is 19.2 Å². The second kappa shape index (κ2) is 5.82. The van der Waals surface area contributed by atoms with Gasteiger partial charge in [-0.25, -0.2) is 4.39 Å². The summed E-state index contributed by atoms with van der Waals surface area (Å²) in [5.74, 6) is 0.169. The molecule has 0 aliphatic carbocycles. The predicted molar refractivity (Wildman–Crippen MR) is 80.4 cm³/mol. The largest absolute Gasteiger partial charge is 0.379 e. The van der Waals surface area contributed by atoms with Gasteiger partial charge in [-0.05, 0) is 56.3 Å². The third-order valence-electron chi connectivity index (χ3n) is 4.70. The van der Waals surface area contributed by atoms with Gasteiger partial charge in [0.2, 0.25) is 0 Å². The van der Waals surface area contributed by atoms with Crippen molar-refractivity contribution < 1.29 is 9.13 Å². The summed E-state index contributed by atoms with van der Waals surface area (Å²) in [6.07, 6.45) is 2.06. The average molecular weight is 279 g/mol. The summed E-state index contributed by atoms with van der Waals surface area (Å²) < 4.78 is 19.2. The van der Waals surface area contributed by atoms with Crippen molar-refractivity contribution >= 4 is 0 Å². The van der Waals surface area contributed by atoms with Crippen LogP contribution in [0, 0.1) is 11.2 Å². The summed E-state index contributed by atoms with van der Waals surface area (Å²) in [6, 6.07) is 7.03. The zero-order chi connectivity index (χ0) is 14.8. The van der Waals surface area contributed by atoms with Crippen molar-refractivity contribution in [2.75, 3.05) is 20.2 Å². The zero-order valence-electron chi connectivity index (χ0n) is 13.0. The van der Waals surface area contributed by atoms with E-state index in [0.29, 0.717) is 5.92 Å². The fraction of sp³-hybridized carbons (Fsp3) is 0.647. The Hall–Kier alpha value is -0.930. The topological polar surface area (TPSA) is 21.3 Å². The molecule has 0 aromatic heterocycles. The summed E-state index contributed by atoms with van der Waals surface area (Å²) in [5.41, 5.74) is 1.06. The Bertz CT molecular complexity index is 460. The first-order chi connectivity index (χ1) is 9.36. The average Bonchev–Trinajstić information content (AvgIpc) is 2.38. The Morgan fingerprint density at radius 3 is 2.85 bits per heavy atom. The van der Waals surface area contributed by atoms with Gasteiger partial charge in [-0.1, -0.05) is 19.1 Å². The van der Waals surface area contributed by atoms with Crippen molar-refractivity contribution in [1.29, 1.82) is 0 Å². The lowest BCUT2D eigenvalue weighted by atomic mass is 9.64. The van der Waals surface area contributed by atoms with E-state index in [1.807, 2.05) is 6.07 Å². The van der Waals surface area contributed by atoms with E-state index in [1.165, 1.54) is 6.07 Å². The first-order valence-electron chi connectivity index (χ1n) is 7.38. The summed E-state index contributed by atoms with van der Waals surface area (Å²) in [7, 11) is 1.77. The van der Waals surface area contributed by atoms with Gasteiger partial charge in [0.25, 0.3) is 0 Å². The number of benzene rings is 1. The standard InChI is InChI=1S/C17H26FNO/c1-16(2,20-4)12-17(3)8-9-19-11-15(17)13-6-5-7-14(18)10-13/h5-7,10,15,19H,8-9,11-12H2,1-4H3. The maximum atomic E-state index is 13.5. The normalized spacial score (nSPS) is 27.6. The van der Waals surface area contributed by atoms with E-state index in [0.717, 1.165) is 31.5 Å². The second-order valence-corrected chi connectivity index (χ2v) is 6.86. The van der Waals surface area contributed by atoms with Crippen molar-refractivity contribution in [2.45, 2.75) is 45.1 Å². The van der Waals surface area contributed by atoms with Gasteiger partial charge in [-0.2, -0.15) is 0 Å². The van der Waals surface area contributed by atoms with E-state index < -0.39 is 0 Å². The third-order valence-corrected chi connectivity index (χ3v) is 4.70. The molecule has 3 heteroatoms. The molecule has 0 spiro atoms. The molecule has 20 heavy (non-hydrogen) atoms. The number of hydrogen-bond acceptors (Lipinski definition) is 2. The Morgan fingerprint density at radius 1 is 1.45 bits per heavy atom. The van der Waals surface area contributed by atoms with Crippen LogP contribution >= 0.6 is 0 Å². The van der Waals surface area contributed by atoms with Gasteiger partial charge in [0.15, 0.2) is 0 Å². The molecule has 0 saturated carbocycles. The number of hydrogen-bond donors (Lipinski definition) is 1. The minimum absolute atomic E-state index is 0.124. The predicted octanol–water partition coefficient (Wildman–Crippen LogP) is 3.72. The fourth-order valence-corrected chi connectivity index (χ4v) is 3.54. The van der Waals surface area contributed by atoms with Crippen LogP contribution in [0.2, 0.25) is 0 Å². The fourth-order valence-electron chi connectivity index (χ4n) is 3.54. The highest BCUT2D eigenvalue weighted by Crippen LogP contribution is 2.46. The molecular formula is C17H26FNO. The van der Waals surface area contributed by atoms with E-state index in [-0.39, 0.29) is 16.8 Å². The highest BCUT2D eigenvalue weighted by Gasteiger charge is 2.41. The molecule has 2 unspecified atom stereocenters. The first-order valence-corrected chi connectivity index (χ1v) is 7.38. The van der Waals surface area contributed by atoms with Gasteiger partial charge in [0, 0.05) is 19.6 Å². The van der Waals surface area contributed by atoms with Gasteiger partial charge in [-0.3, -0.25) is 0 Å². The van der Waals surface area contributed by atoms with Gasteiger partial charge in [0.05, 0.1) is 5.60 Å². The first kappa shape index (κ1) is 15.5. The SMILES string of the molecule is COC(C)(C)CC1(C)CCNCC1c1cccc(F)c1. The zero-order valence-corrected chi connectivity index (χ0v) is 13.0. The van der Waals surface area contributed by atoms with E-state index in [4.69, 9.17) is 4.74 Å². The molecule has 2 rings (SSSR count). The molecule has 1 aromatic carbocycles. The molecule has 1 aliphatic heterocycles. The monoisotopic (exact) mass is 279 g/mol. The maximum absolute atomic E-state index is 13.5. The third kappa shape index (κ3) is 3.39. The van der Waals surface area contributed by atoms with Gasteiger partial charge in [0.1, 0.15) is 5.82 Å². The number of methoxy groups -OCH3 is 1. The number of nitrogens with one attached hydrogen (secondary N) is 1. The molecule has 112 valence electrons. The summed E-state index contributed by atoms with van der Waals surface area (Å²) >= 11 is 0. The molecule has 2 atom stereocenters. The molecule has 2 nitrogen and oxygen atoms in total. The van der Waals surface area contributed by atoms with Crippen LogP contribution in [-0.2, 0) is 4.74 Å². The maximum Gasteiger partial charge on any atom is 0.123 e. The minimum Gasteiger partial charge on any atom is -0.379 e. The summed E-state index contributed by atoms with van der Waals surface area (Å²) in [4.78, 5) is 0. The number of ether oxygens (including phenoxy) is 1. The second-order valence-electron chi connectivity index (χ2n) is 6.86. The number of piperidine rings is 1. The van der Waals surface area contributed by atoms with Crippen molar-refractivity contribution in [3.8, 4) is 0 Å². The van der Waals surface area contributed by atoms with Crippen molar-refractivity contribution in [2.24, 2.45) is 5.41 Å². The summed E-state index contributed by atoms with van der Waals surface area (Å²) in [6.45, 7) is 8.48. The minimum atomic E-state index is -0.155. The van der Waals surface area contributed by atoms with E-state index in [2.05, 4.69) is 26.1 Å². The van der Waals surface area contributed by atoms with Crippen LogP contribution in [0.4, 0.5) is 4.39 Å². The Labute approximate surface area is 121 Å². The Kier molecular flexibility index (Phi) is 4.50. The van der Waals surface area contributed by atoms with Gasteiger partial charge in [-0.15, -0.1) is 0 Å². The van der Waals surface area contributed by atoms with Crippen molar-refractivity contribution in [3.63, 3.8) is 0 Å². The lowest BCUT2D eigenvalue weighted by Gasteiger charge is -2.46. The van der Waals surface area contributed by atoms with Gasteiger partial charge < -0.3 is 10.1 Å². The molecule has 1 heterocycles. The van der Waals surface area contributed by atoms with Crippen LogP contribution in [0.15, 0.2) is 24.3 Å². The summed E-state index contributed by atoms with van der Waals surface area (Å²) in [5, 5.41) is 3.45. The van der Waals surface area contributed by atoms with Crippen LogP contribution in [0.25, 0.3) is 0 Å². The molecule has 0 radical (unpaired) electrons. The van der Waals surface area contributed by atoms with Crippen LogP contribution in [0.1, 0.15) is 45.1 Å².